The fraction of sp³-hybridized carbons (Fsp3) is 0.211. The van der Waals surface area contributed by atoms with Gasteiger partial charge in [0.1, 0.15) is 0 Å². The predicted molar refractivity (Wildman–Crippen MR) is 94.0 cm³/mol. The highest BCUT2D eigenvalue weighted by Crippen LogP contribution is 2.12. The van der Waals surface area contributed by atoms with E-state index in [1.54, 1.807) is 18.2 Å². The first kappa shape index (κ1) is 18.2. The van der Waals surface area contributed by atoms with Crippen molar-refractivity contribution in [2.75, 3.05) is 11.9 Å². The van der Waals surface area contributed by atoms with Gasteiger partial charge in [-0.25, -0.2) is 4.79 Å². The number of anilines is 1. The number of hydrogen-bond donors (Lipinski definition) is 2. The quantitative estimate of drug-likeness (QED) is 0.792. The predicted octanol–water partition coefficient (Wildman–Crippen LogP) is 2.68. The van der Waals surface area contributed by atoms with Crippen LogP contribution < -0.4 is 10.6 Å². The molecule has 25 heavy (non-hydrogen) atoms. The van der Waals surface area contributed by atoms with Gasteiger partial charge in [-0.05, 0) is 30.7 Å². The maximum atomic E-state index is 12.0. The highest BCUT2D eigenvalue weighted by atomic mass is 16.5. The summed E-state index contributed by atoms with van der Waals surface area (Å²) in [7, 11) is 0. The average Bonchev–Trinajstić information content (AvgIpc) is 2.60. The molecule has 0 aliphatic carbocycles. The maximum Gasteiger partial charge on any atom is 0.338 e. The van der Waals surface area contributed by atoms with E-state index >= 15 is 0 Å². The minimum absolute atomic E-state index is 0.185. The molecule has 0 spiro atoms. The van der Waals surface area contributed by atoms with Gasteiger partial charge in [-0.2, -0.15) is 0 Å². The summed E-state index contributed by atoms with van der Waals surface area (Å²) < 4.78 is 5.02. The lowest BCUT2D eigenvalue weighted by molar-refractivity contribution is -0.124. The van der Waals surface area contributed by atoms with Crippen LogP contribution in [0.1, 0.15) is 35.8 Å². The number of ether oxygens (including phenoxy) is 1. The molecule has 0 fully saturated rings. The van der Waals surface area contributed by atoms with Crippen LogP contribution in [0.2, 0.25) is 0 Å². The van der Waals surface area contributed by atoms with E-state index < -0.39 is 5.97 Å². The third kappa shape index (κ3) is 5.76. The molecule has 0 radical (unpaired) electrons. The highest BCUT2D eigenvalue weighted by molar-refractivity contribution is 5.94. The Labute approximate surface area is 146 Å². The Morgan fingerprint density at radius 2 is 1.76 bits per heavy atom. The normalized spacial score (nSPS) is 11.3. The monoisotopic (exact) mass is 340 g/mol. The van der Waals surface area contributed by atoms with Gasteiger partial charge in [0.15, 0.2) is 6.61 Å². The van der Waals surface area contributed by atoms with Crippen LogP contribution in [0.15, 0.2) is 54.6 Å². The van der Waals surface area contributed by atoms with Gasteiger partial charge >= 0.3 is 5.97 Å². The van der Waals surface area contributed by atoms with Crippen LogP contribution in [0.4, 0.5) is 5.69 Å². The molecule has 0 aliphatic heterocycles. The summed E-state index contributed by atoms with van der Waals surface area (Å²) >= 11 is 0. The zero-order valence-corrected chi connectivity index (χ0v) is 14.1. The van der Waals surface area contributed by atoms with Gasteiger partial charge in [-0.15, -0.1) is 0 Å². The van der Waals surface area contributed by atoms with Crippen LogP contribution in [0.25, 0.3) is 0 Å². The van der Waals surface area contributed by atoms with E-state index in [1.807, 2.05) is 37.3 Å². The number of amides is 2. The third-order valence-corrected chi connectivity index (χ3v) is 3.43. The molecule has 6 heteroatoms. The number of carbonyl (C=O) groups is 3. The third-order valence-electron chi connectivity index (χ3n) is 3.43. The van der Waals surface area contributed by atoms with E-state index in [0.717, 1.165) is 5.56 Å². The van der Waals surface area contributed by atoms with E-state index in [1.165, 1.54) is 13.0 Å². The molecule has 0 heterocycles. The smallest absolute Gasteiger partial charge is 0.338 e. The molecule has 2 N–H and O–H groups in total. The van der Waals surface area contributed by atoms with E-state index in [0.29, 0.717) is 5.69 Å². The Bertz CT molecular complexity index is 759. The molecule has 0 saturated carbocycles. The first-order chi connectivity index (χ1) is 12.0. The number of hydrogen-bond acceptors (Lipinski definition) is 4. The van der Waals surface area contributed by atoms with E-state index in [2.05, 4.69) is 10.6 Å². The molecular formula is C19H20N2O4. The van der Waals surface area contributed by atoms with Crippen LogP contribution in [-0.2, 0) is 14.3 Å². The Hall–Kier alpha value is -3.15. The Morgan fingerprint density at radius 3 is 2.44 bits per heavy atom. The standard InChI is InChI=1S/C19H20N2O4/c1-13(15-7-4-3-5-8-15)20-18(23)12-25-19(24)16-9-6-10-17(11-16)21-14(2)22/h3-11,13H,12H2,1-2H3,(H,20,23)(H,21,22)/t13-/m0/s1. The van der Waals surface area contributed by atoms with Crippen molar-refractivity contribution in [1.29, 1.82) is 0 Å². The van der Waals surface area contributed by atoms with Gasteiger partial charge in [0, 0.05) is 12.6 Å². The van der Waals surface area contributed by atoms with Crippen LogP contribution >= 0.6 is 0 Å². The van der Waals surface area contributed by atoms with Crippen molar-refractivity contribution in [3.63, 3.8) is 0 Å². The summed E-state index contributed by atoms with van der Waals surface area (Å²) in [4.78, 5) is 35.0. The summed E-state index contributed by atoms with van der Waals surface area (Å²) in [6, 6.07) is 15.6. The first-order valence-electron chi connectivity index (χ1n) is 7.85. The van der Waals surface area contributed by atoms with Gasteiger partial charge < -0.3 is 15.4 Å². The second-order valence-corrected chi connectivity index (χ2v) is 5.54. The summed E-state index contributed by atoms with van der Waals surface area (Å²) in [5.74, 6) is -1.25. The van der Waals surface area contributed by atoms with Crippen molar-refractivity contribution < 1.29 is 19.1 Å². The number of esters is 1. The molecule has 6 nitrogen and oxygen atoms in total. The van der Waals surface area contributed by atoms with Gasteiger partial charge in [0.2, 0.25) is 5.91 Å². The van der Waals surface area contributed by atoms with Gasteiger partial charge in [0.05, 0.1) is 11.6 Å². The molecule has 0 aromatic heterocycles. The lowest BCUT2D eigenvalue weighted by Crippen LogP contribution is -2.31. The van der Waals surface area contributed by atoms with Gasteiger partial charge in [-0.3, -0.25) is 9.59 Å². The van der Waals surface area contributed by atoms with Gasteiger partial charge in [0.25, 0.3) is 5.91 Å². The molecule has 2 rings (SSSR count). The van der Waals surface area contributed by atoms with Crippen molar-refractivity contribution in [3.8, 4) is 0 Å². The lowest BCUT2D eigenvalue weighted by atomic mass is 10.1. The summed E-state index contributed by atoms with van der Waals surface area (Å²) in [6.07, 6.45) is 0. The Morgan fingerprint density at radius 1 is 1.04 bits per heavy atom. The maximum absolute atomic E-state index is 12.0. The second kappa shape index (κ2) is 8.63. The van der Waals surface area contributed by atoms with Crippen molar-refractivity contribution in [2.24, 2.45) is 0 Å². The van der Waals surface area contributed by atoms with Crippen LogP contribution in [0.3, 0.4) is 0 Å². The molecule has 0 aliphatic rings. The summed E-state index contributed by atoms with van der Waals surface area (Å²) in [5, 5.41) is 5.35. The highest BCUT2D eigenvalue weighted by Gasteiger charge is 2.13. The number of carbonyl (C=O) groups excluding carboxylic acids is 3. The second-order valence-electron chi connectivity index (χ2n) is 5.54. The zero-order chi connectivity index (χ0) is 18.2. The van der Waals surface area contributed by atoms with Crippen LogP contribution in [-0.4, -0.2) is 24.4 Å². The number of benzene rings is 2. The summed E-state index contributed by atoms with van der Waals surface area (Å²) in [6.45, 7) is 2.86. The van der Waals surface area contributed by atoms with E-state index in [-0.39, 0.29) is 30.0 Å². The molecule has 2 aromatic rings. The fourth-order valence-electron chi connectivity index (χ4n) is 2.25. The minimum atomic E-state index is -0.630. The lowest BCUT2D eigenvalue weighted by Gasteiger charge is -2.14. The van der Waals surface area contributed by atoms with Crippen molar-refractivity contribution in [2.45, 2.75) is 19.9 Å². The average molecular weight is 340 g/mol. The SMILES string of the molecule is CC(=O)Nc1cccc(C(=O)OCC(=O)N[C@@H](C)c2ccccc2)c1. The molecule has 2 amide bonds. The van der Waals surface area contributed by atoms with E-state index in [9.17, 15) is 14.4 Å². The van der Waals surface area contributed by atoms with Gasteiger partial charge in [-0.1, -0.05) is 36.4 Å². The molecule has 1 atom stereocenters. The zero-order valence-electron chi connectivity index (χ0n) is 14.1. The summed E-state index contributed by atoms with van der Waals surface area (Å²) in [5.41, 5.74) is 1.71. The minimum Gasteiger partial charge on any atom is -0.452 e. The Kier molecular flexibility index (Phi) is 6.28. The number of nitrogens with one attached hydrogen (secondary N) is 2. The topological polar surface area (TPSA) is 84.5 Å². The van der Waals surface area contributed by atoms with Crippen molar-refractivity contribution >= 4 is 23.5 Å². The molecule has 0 bridgehead atoms. The van der Waals surface area contributed by atoms with Crippen LogP contribution in [0, 0.1) is 0 Å². The van der Waals surface area contributed by atoms with Crippen molar-refractivity contribution in [3.05, 3.63) is 65.7 Å². The van der Waals surface area contributed by atoms with E-state index in [4.69, 9.17) is 4.74 Å². The van der Waals surface area contributed by atoms with Crippen molar-refractivity contribution in [1.82, 2.24) is 5.32 Å². The largest absolute Gasteiger partial charge is 0.452 e. The molecule has 0 unspecified atom stereocenters. The number of rotatable bonds is 6. The van der Waals surface area contributed by atoms with Crippen LogP contribution in [0.5, 0.6) is 0 Å². The Balaban J connectivity index is 1.87. The molecule has 2 aromatic carbocycles. The molecular weight excluding hydrogens is 320 g/mol. The molecule has 0 saturated heterocycles. The fourth-order valence-corrected chi connectivity index (χ4v) is 2.25. The first-order valence-corrected chi connectivity index (χ1v) is 7.85. The molecule has 130 valence electrons.